The molecule has 0 bridgehead atoms. The summed E-state index contributed by atoms with van der Waals surface area (Å²) in [5, 5.41) is 11.8. The highest BCUT2D eigenvalue weighted by atomic mass is 32.2. The SMILES string of the molecule is CSC(=Nc1cc2c(cc1N(C)C)n(C)c(=O)n2C)NC#N. The smallest absolute Gasteiger partial charge is 0.328 e. The highest BCUT2D eigenvalue weighted by molar-refractivity contribution is 8.13. The topological polar surface area (TPSA) is 78.3 Å². The van der Waals surface area contributed by atoms with Crippen molar-refractivity contribution in [2.75, 3.05) is 25.3 Å². The van der Waals surface area contributed by atoms with E-state index in [0.29, 0.717) is 10.9 Å². The number of nitrogens with zero attached hydrogens (tertiary/aromatic N) is 5. The van der Waals surface area contributed by atoms with Gasteiger partial charge in [0.15, 0.2) is 11.4 Å². The number of hydrogen-bond donors (Lipinski definition) is 1. The van der Waals surface area contributed by atoms with Gasteiger partial charge in [-0.05, 0) is 18.4 Å². The Morgan fingerprint density at radius 1 is 1.32 bits per heavy atom. The summed E-state index contributed by atoms with van der Waals surface area (Å²) >= 11 is 1.35. The lowest BCUT2D eigenvalue weighted by Crippen LogP contribution is -2.19. The average Bonchev–Trinajstić information content (AvgIpc) is 2.70. The molecule has 8 heteroatoms. The van der Waals surface area contributed by atoms with Gasteiger partial charge in [0.1, 0.15) is 0 Å². The molecule has 0 amide bonds. The number of amidine groups is 1. The van der Waals surface area contributed by atoms with E-state index in [9.17, 15) is 4.79 Å². The zero-order valence-electron chi connectivity index (χ0n) is 13.2. The van der Waals surface area contributed by atoms with Gasteiger partial charge < -0.3 is 4.90 Å². The Labute approximate surface area is 132 Å². The van der Waals surface area contributed by atoms with Crippen molar-refractivity contribution in [1.82, 2.24) is 14.5 Å². The van der Waals surface area contributed by atoms with E-state index in [-0.39, 0.29) is 5.69 Å². The lowest BCUT2D eigenvalue weighted by molar-refractivity contribution is 0.795. The summed E-state index contributed by atoms with van der Waals surface area (Å²) in [4.78, 5) is 18.5. The molecule has 2 aromatic rings. The molecule has 0 saturated heterocycles. The molecule has 0 aliphatic rings. The second kappa shape index (κ2) is 6.15. The predicted octanol–water partition coefficient (Wildman–Crippen LogP) is 1.36. The molecular weight excluding hydrogens is 300 g/mol. The molecule has 116 valence electrons. The summed E-state index contributed by atoms with van der Waals surface area (Å²) in [7, 11) is 7.31. The first-order chi connectivity index (χ1) is 10.4. The van der Waals surface area contributed by atoms with Crippen molar-refractivity contribution >= 4 is 39.3 Å². The van der Waals surface area contributed by atoms with E-state index >= 15 is 0 Å². The minimum Gasteiger partial charge on any atom is -0.376 e. The fourth-order valence-electron chi connectivity index (χ4n) is 2.25. The third-order valence-corrected chi connectivity index (χ3v) is 4.01. The van der Waals surface area contributed by atoms with Crippen LogP contribution in [-0.4, -0.2) is 34.7 Å². The molecule has 0 aliphatic carbocycles. The molecule has 0 unspecified atom stereocenters. The summed E-state index contributed by atoms with van der Waals surface area (Å²) in [5.74, 6) is 0. The van der Waals surface area contributed by atoms with Crippen molar-refractivity contribution in [2.24, 2.45) is 19.1 Å². The maximum Gasteiger partial charge on any atom is 0.328 e. The number of nitriles is 1. The van der Waals surface area contributed by atoms with E-state index in [1.807, 2.05) is 43.6 Å². The molecule has 1 aromatic carbocycles. The number of thioether (sulfide) groups is 1. The Kier molecular flexibility index (Phi) is 4.47. The van der Waals surface area contributed by atoms with Crippen LogP contribution in [0.2, 0.25) is 0 Å². The normalized spacial score (nSPS) is 11.5. The maximum atomic E-state index is 12.1. The zero-order chi connectivity index (χ0) is 16.4. The second-order valence-electron chi connectivity index (χ2n) is 4.98. The van der Waals surface area contributed by atoms with Gasteiger partial charge in [0, 0.05) is 28.2 Å². The van der Waals surface area contributed by atoms with E-state index in [1.54, 1.807) is 23.2 Å². The van der Waals surface area contributed by atoms with E-state index in [0.717, 1.165) is 16.7 Å². The number of aromatic nitrogens is 2. The molecular formula is C14H18N6OS. The van der Waals surface area contributed by atoms with E-state index in [2.05, 4.69) is 10.3 Å². The van der Waals surface area contributed by atoms with Crippen LogP contribution in [0.1, 0.15) is 0 Å². The molecule has 1 N–H and O–H groups in total. The van der Waals surface area contributed by atoms with Crippen molar-refractivity contribution in [3.8, 4) is 6.19 Å². The zero-order valence-corrected chi connectivity index (χ0v) is 14.0. The van der Waals surface area contributed by atoms with Crippen LogP contribution >= 0.6 is 11.8 Å². The summed E-state index contributed by atoms with van der Waals surface area (Å²) in [6, 6.07) is 3.79. The summed E-state index contributed by atoms with van der Waals surface area (Å²) in [6.07, 6.45) is 3.72. The molecule has 22 heavy (non-hydrogen) atoms. The molecule has 0 atom stereocenters. The highest BCUT2D eigenvalue weighted by Crippen LogP contribution is 2.32. The first kappa shape index (κ1) is 16.0. The number of fused-ring (bicyclic) bond motifs is 1. The van der Waals surface area contributed by atoms with Gasteiger partial charge in [0.25, 0.3) is 0 Å². The summed E-state index contributed by atoms with van der Waals surface area (Å²) in [5.41, 5.74) is 3.13. The van der Waals surface area contributed by atoms with E-state index in [1.165, 1.54) is 11.8 Å². The van der Waals surface area contributed by atoms with Crippen LogP contribution in [0.15, 0.2) is 21.9 Å². The van der Waals surface area contributed by atoms with Crippen molar-refractivity contribution in [3.63, 3.8) is 0 Å². The van der Waals surface area contributed by atoms with Crippen molar-refractivity contribution in [2.45, 2.75) is 0 Å². The number of hydrogen-bond acceptors (Lipinski definition) is 5. The standard InChI is InChI=1S/C14H18N6OS/c1-18(2)10-7-12-11(19(3)14(21)20(12)4)6-9(10)17-13(22-5)16-8-15/h6-7H,1-5H3,(H,16,17). The molecule has 7 nitrogen and oxygen atoms in total. The van der Waals surface area contributed by atoms with Gasteiger partial charge in [0.2, 0.25) is 0 Å². The van der Waals surface area contributed by atoms with Gasteiger partial charge in [-0.15, -0.1) is 0 Å². The molecule has 0 spiro atoms. The van der Waals surface area contributed by atoms with Crippen molar-refractivity contribution in [3.05, 3.63) is 22.6 Å². The second-order valence-corrected chi connectivity index (χ2v) is 5.78. The van der Waals surface area contributed by atoms with Gasteiger partial charge in [-0.3, -0.25) is 14.5 Å². The largest absolute Gasteiger partial charge is 0.376 e. The Hall–Kier alpha value is -2.40. The van der Waals surface area contributed by atoms with Gasteiger partial charge >= 0.3 is 5.69 Å². The third-order valence-electron chi connectivity index (χ3n) is 3.43. The van der Waals surface area contributed by atoms with Gasteiger partial charge in [-0.2, -0.15) is 5.26 Å². The van der Waals surface area contributed by atoms with E-state index < -0.39 is 0 Å². The number of nitrogens with one attached hydrogen (secondary N) is 1. The van der Waals surface area contributed by atoms with E-state index in [4.69, 9.17) is 5.26 Å². The van der Waals surface area contributed by atoms with Crippen LogP contribution < -0.4 is 15.9 Å². The van der Waals surface area contributed by atoms with Crippen LogP contribution in [0.5, 0.6) is 0 Å². The Balaban J connectivity index is 2.77. The fourth-order valence-corrected chi connectivity index (χ4v) is 2.59. The number of anilines is 1. The minimum atomic E-state index is -0.0823. The lowest BCUT2D eigenvalue weighted by Gasteiger charge is -2.16. The Bertz CT molecular complexity index is 840. The summed E-state index contributed by atoms with van der Waals surface area (Å²) < 4.78 is 3.20. The lowest BCUT2D eigenvalue weighted by atomic mass is 10.2. The number of aryl methyl sites for hydroxylation is 2. The minimum absolute atomic E-state index is 0.0823. The Morgan fingerprint density at radius 3 is 2.41 bits per heavy atom. The third kappa shape index (κ3) is 2.67. The number of aliphatic imine (C=N–C) groups is 1. The number of benzene rings is 1. The van der Waals surface area contributed by atoms with Gasteiger partial charge in [0.05, 0.1) is 22.4 Å². The predicted molar refractivity (Wildman–Crippen MR) is 91.8 cm³/mol. The first-order valence-corrected chi connectivity index (χ1v) is 7.77. The van der Waals surface area contributed by atoms with Gasteiger partial charge in [-0.1, -0.05) is 11.8 Å². The van der Waals surface area contributed by atoms with Gasteiger partial charge in [-0.25, -0.2) is 9.79 Å². The van der Waals surface area contributed by atoms with Crippen LogP contribution in [-0.2, 0) is 14.1 Å². The summed E-state index contributed by atoms with van der Waals surface area (Å²) in [6.45, 7) is 0. The molecule has 2 rings (SSSR count). The van der Waals surface area contributed by atoms with Crippen LogP contribution in [0, 0.1) is 11.5 Å². The van der Waals surface area contributed by atoms with Crippen LogP contribution in [0.4, 0.5) is 11.4 Å². The molecule has 0 radical (unpaired) electrons. The highest BCUT2D eigenvalue weighted by Gasteiger charge is 2.14. The average molecular weight is 318 g/mol. The Morgan fingerprint density at radius 2 is 1.91 bits per heavy atom. The molecule has 0 aliphatic heterocycles. The van der Waals surface area contributed by atoms with Crippen molar-refractivity contribution in [1.29, 1.82) is 5.26 Å². The van der Waals surface area contributed by atoms with Crippen molar-refractivity contribution < 1.29 is 0 Å². The molecule has 0 saturated carbocycles. The molecule has 1 aromatic heterocycles. The first-order valence-electron chi connectivity index (χ1n) is 6.55. The maximum absolute atomic E-state index is 12.1. The molecule has 1 heterocycles. The molecule has 0 fully saturated rings. The number of imidazole rings is 1. The van der Waals surface area contributed by atoms with Crippen LogP contribution in [0.3, 0.4) is 0 Å². The van der Waals surface area contributed by atoms with Crippen LogP contribution in [0.25, 0.3) is 11.0 Å². The fraction of sp³-hybridized carbons (Fsp3) is 0.357. The number of rotatable bonds is 2. The quantitative estimate of drug-likeness (QED) is 0.391. The monoisotopic (exact) mass is 318 g/mol.